The fourth-order valence-electron chi connectivity index (χ4n) is 13.4. The number of nitrogens with zero attached hydrogens (tertiary/aromatic N) is 3. The van der Waals surface area contributed by atoms with Crippen LogP contribution in [-0.4, -0.2) is 19.9 Å². The van der Waals surface area contributed by atoms with Crippen LogP contribution in [0.1, 0.15) is 69.7 Å². The van der Waals surface area contributed by atoms with E-state index in [1.807, 2.05) is 0 Å². The van der Waals surface area contributed by atoms with E-state index >= 15 is 0 Å². The highest BCUT2D eigenvalue weighted by Crippen LogP contribution is 2.53. The third-order valence-electron chi connectivity index (χ3n) is 17.2. The normalized spacial score (nSPS) is 15.3. The van der Waals surface area contributed by atoms with Gasteiger partial charge in [0.05, 0.1) is 5.69 Å². The van der Waals surface area contributed by atoms with Crippen molar-refractivity contribution in [2.75, 3.05) is 27.9 Å². The van der Waals surface area contributed by atoms with Crippen LogP contribution in [0.25, 0.3) is 44.5 Å². The Kier molecular flexibility index (Phi) is 10.7. The zero-order valence-electron chi connectivity index (χ0n) is 45.6. The Hall–Kier alpha value is -8.94. The van der Waals surface area contributed by atoms with Crippen molar-refractivity contribution in [1.29, 1.82) is 0 Å². The molecule has 2 aliphatic carbocycles. The highest BCUT2D eigenvalue weighted by atomic mass is 16.6. The number of fused-ring (bicyclic) bond motifs is 10. The van der Waals surface area contributed by atoms with Gasteiger partial charge in [-0.25, -0.2) is 0 Å². The topological polar surface area (TPSA) is 41.3 Å². The summed E-state index contributed by atoms with van der Waals surface area (Å²) in [6.07, 6.45) is 8.66. The van der Waals surface area contributed by atoms with Gasteiger partial charge in [-0.3, -0.25) is 0 Å². The second-order valence-electron chi connectivity index (χ2n) is 23.5. The van der Waals surface area contributed by atoms with Gasteiger partial charge in [-0.05, 0) is 183 Å². The van der Waals surface area contributed by atoms with Crippen molar-refractivity contribution in [3.05, 3.63) is 234 Å². The van der Waals surface area contributed by atoms with Crippen molar-refractivity contribution in [3.63, 3.8) is 0 Å². The second kappa shape index (κ2) is 17.8. The summed E-state index contributed by atoms with van der Waals surface area (Å²) in [4.78, 5) is 7.47. The van der Waals surface area contributed by atoms with E-state index in [9.17, 15) is 0 Å². The summed E-state index contributed by atoms with van der Waals surface area (Å²) in [5.41, 5.74) is 25.3. The molecule has 0 saturated heterocycles. The molecular weight excluding hydrogens is 966 g/mol. The molecule has 0 bridgehead atoms. The largest absolute Gasteiger partial charge is 0.486 e. The molecule has 15 rings (SSSR count). The van der Waals surface area contributed by atoms with E-state index in [1.54, 1.807) is 0 Å². The van der Waals surface area contributed by atoms with Crippen LogP contribution in [-0.2, 0) is 10.8 Å². The lowest BCUT2D eigenvalue weighted by atomic mass is 9.33. The number of para-hydroxylation sites is 2. The fourth-order valence-corrected chi connectivity index (χ4v) is 13.4. The second-order valence-corrected chi connectivity index (χ2v) is 23.5. The number of allylic oxidation sites excluding steroid dienone is 4. The molecule has 4 heterocycles. The van der Waals surface area contributed by atoms with Gasteiger partial charge in [-0.2, -0.15) is 0 Å². The molecule has 0 amide bonds. The van der Waals surface area contributed by atoms with Gasteiger partial charge in [0.2, 0.25) is 0 Å². The highest BCUT2D eigenvalue weighted by Gasteiger charge is 2.46. The number of rotatable bonds is 7. The van der Waals surface area contributed by atoms with Gasteiger partial charge >= 0.3 is 0 Å². The number of anilines is 8. The van der Waals surface area contributed by atoms with Crippen molar-refractivity contribution in [2.45, 2.75) is 65.2 Å². The smallest absolute Gasteiger partial charge is 0.252 e. The summed E-state index contributed by atoms with van der Waals surface area (Å²) in [5.74, 6) is 2.38. The summed E-state index contributed by atoms with van der Waals surface area (Å²) < 4.78 is 20.0. The Labute approximate surface area is 463 Å². The summed E-state index contributed by atoms with van der Waals surface area (Å²) >= 11 is 0. The molecule has 0 atom stereocenters. The van der Waals surface area contributed by atoms with Crippen molar-refractivity contribution in [1.82, 2.24) is 0 Å². The van der Waals surface area contributed by atoms with Crippen molar-refractivity contribution >= 4 is 79.6 Å². The van der Waals surface area contributed by atoms with E-state index in [2.05, 4.69) is 263 Å². The SMILES string of the molecule is Cc1cc2c3c(c1)N(c1ccc(C(C)(C)C)cc1)c1c(ccc4c1OCCO4)B3c1ccc(N(C3=CC=CCC3)c3ccccc3)cc1N2c1cc(-c2ccc3c(c2)C(C)(C)c2ccccc2-3)cc(-c2cc3ccccc3o2)c1. The lowest BCUT2D eigenvalue weighted by Gasteiger charge is -2.45. The maximum atomic E-state index is 6.84. The van der Waals surface area contributed by atoms with Crippen LogP contribution in [0.5, 0.6) is 11.5 Å². The molecule has 0 radical (unpaired) electrons. The maximum absolute atomic E-state index is 6.84. The molecule has 3 aliphatic heterocycles. The van der Waals surface area contributed by atoms with Crippen molar-refractivity contribution < 1.29 is 13.9 Å². The lowest BCUT2D eigenvalue weighted by Crippen LogP contribution is -2.61. The number of aryl methyl sites for hydroxylation is 1. The summed E-state index contributed by atoms with van der Waals surface area (Å²) in [6, 6.07) is 70.1. The van der Waals surface area contributed by atoms with Crippen LogP contribution in [0.15, 0.2) is 216 Å². The first kappa shape index (κ1) is 47.3. The van der Waals surface area contributed by atoms with Crippen molar-refractivity contribution in [3.8, 4) is 45.1 Å². The Morgan fingerprint density at radius 3 is 2.14 bits per heavy atom. The molecule has 1 aromatic heterocycles. The standard InChI is InChI=1S/C72H60BN3O3/c1-45-37-63-68-64(38-45)76(53-28-26-50(27-29-53)71(2,3)4)69-61(33-34-66-70(69)78-36-35-77-66)73(68)60-32-30-54(74(51-18-9-7-10-19-51)52-20-11-8-12-21-52)44-62(60)75(63)55-40-48(39-49(41-55)67-43-47-17-13-16-24-65(47)79-67)46-25-31-57-56-22-14-15-23-58(56)72(5,6)59(57)42-46/h7-11,13-20,22-34,37-44H,12,21,35-36H2,1-6H3. The molecule has 10 aromatic rings. The maximum Gasteiger partial charge on any atom is 0.252 e. The molecule has 0 spiro atoms. The van der Waals surface area contributed by atoms with Gasteiger partial charge in [0, 0.05) is 61.9 Å². The quantitative estimate of drug-likeness (QED) is 0.148. The predicted molar refractivity (Wildman–Crippen MR) is 328 cm³/mol. The predicted octanol–water partition coefficient (Wildman–Crippen LogP) is 16.9. The Morgan fingerprint density at radius 2 is 1.33 bits per heavy atom. The van der Waals surface area contributed by atoms with Gasteiger partial charge in [-0.1, -0.05) is 144 Å². The minimum Gasteiger partial charge on any atom is -0.486 e. The Bertz CT molecular complexity index is 4170. The van der Waals surface area contributed by atoms with Crippen LogP contribution >= 0.6 is 0 Å². The van der Waals surface area contributed by atoms with E-state index in [1.165, 1.54) is 49.9 Å². The number of furan rings is 1. The van der Waals surface area contributed by atoms with Crippen LogP contribution in [0, 0.1) is 6.92 Å². The molecule has 0 N–H and O–H groups in total. The first-order chi connectivity index (χ1) is 38.5. The summed E-state index contributed by atoms with van der Waals surface area (Å²) in [6.45, 7) is 14.6. The number of hydrogen-bond acceptors (Lipinski definition) is 6. The van der Waals surface area contributed by atoms with E-state index < -0.39 is 0 Å². The first-order valence-electron chi connectivity index (χ1n) is 28.0. The van der Waals surface area contributed by atoms with Crippen LogP contribution < -0.4 is 40.6 Å². The summed E-state index contributed by atoms with van der Waals surface area (Å²) in [5, 5.41) is 1.07. The van der Waals surface area contributed by atoms with Crippen LogP contribution in [0.2, 0.25) is 0 Å². The van der Waals surface area contributed by atoms with Gasteiger partial charge < -0.3 is 28.6 Å². The van der Waals surface area contributed by atoms with Crippen LogP contribution in [0.3, 0.4) is 0 Å². The average Bonchev–Trinajstić information content (AvgIpc) is 4.11. The van der Waals surface area contributed by atoms with Crippen molar-refractivity contribution in [2.24, 2.45) is 0 Å². The van der Waals surface area contributed by atoms with E-state index in [4.69, 9.17) is 13.9 Å². The first-order valence-corrected chi connectivity index (χ1v) is 28.0. The average molecular weight is 1030 g/mol. The van der Waals surface area contributed by atoms with Crippen LogP contribution in [0.4, 0.5) is 45.5 Å². The third-order valence-corrected chi connectivity index (χ3v) is 17.2. The van der Waals surface area contributed by atoms with Gasteiger partial charge in [0.25, 0.3) is 6.71 Å². The molecule has 79 heavy (non-hydrogen) atoms. The number of benzene rings is 9. The lowest BCUT2D eigenvalue weighted by molar-refractivity contribution is 0.172. The number of hydrogen-bond donors (Lipinski definition) is 0. The van der Waals surface area contributed by atoms with Gasteiger partial charge in [0.1, 0.15) is 24.6 Å². The zero-order valence-corrected chi connectivity index (χ0v) is 45.6. The molecule has 384 valence electrons. The minimum absolute atomic E-state index is 0.0117. The highest BCUT2D eigenvalue weighted by molar-refractivity contribution is 7.00. The molecule has 0 saturated carbocycles. The molecular formula is C72H60BN3O3. The molecule has 6 nitrogen and oxygen atoms in total. The Balaban J connectivity index is 1.02. The fraction of sp³-hybridized carbons (Fsp3) is 0.167. The summed E-state index contributed by atoms with van der Waals surface area (Å²) in [7, 11) is 0. The molecule has 0 fully saturated rings. The Morgan fingerprint density at radius 1 is 0.582 bits per heavy atom. The number of ether oxygens (including phenoxy) is 2. The zero-order chi connectivity index (χ0) is 53.3. The molecule has 9 aromatic carbocycles. The van der Waals surface area contributed by atoms with Gasteiger partial charge in [0.15, 0.2) is 11.5 Å². The van der Waals surface area contributed by atoms with E-state index in [0.29, 0.717) is 13.2 Å². The van der Waals surface area contributed by atoms with Gasteiger partial charge in [-0.15, -0.1) is 0 Å². The third kappa shape index (κ3) is 7.53. The molecule has 7 heteroatoms. The minimum atomic E-state index is -0.168. The van der Waals surface area contributed by atoms with E-state index in [0.717, 1.165) is 109 Å². The van der Waals surface area contributed by atoms with E-state index in [-0.39, 0.29) is 17.5 Å². The molecule has 5 aliphatic rings. The monoisotopic (exact) mass is 1030 g/mol. The molecule has 0 unspecified atom stereocenters.